The highest BCUT2D eigenvalue weighted by molar-refractivity contribution is 4.76. The standard InChI is InChI=1S/C12H23NO2/c1(5-11-7-8-13-11)3-9-14-12-6-2-4-10-15-12/h11-13H,1-10H2. The van der Waals surface area contributed by atoms with Crippen molar-refractivity contribution in [1.29, 1.82) is 0 Å². The van der Waals surface area contributed by atoms with E-state index in [9.17, 15) is 0 Å². The highest BCUT2D eigenvalue weighted by Crippen LogP contribution is 2.15. The van der Waals surface area contributed by atoms with Crippen molar-refractivity contribution < 1.29 is 9.47 Å². The Labute approximate surface area is 92.5 Å². The van der Waals surface area contributed by atoms with Crippen LogP contribution in [0.1, 0.15) is 44.9 Å². The Balaban J connectivity index is 1.40. The third-order valence-electron chi connectivity index (χ3n) is 3.31. The van der Waals surface area contributed by atoms with Gasteiger partial charge < -0.3 is 14.8 Å². The largest absolute Gasteiger partial charge is 0.353 e. The van der Waals surface area contributed by atoms with Gasteiger partial charge in [0.15, 0.2) is 6.29 Å². The van der Waals surface area contributed by atoms with Gasteiger partial charge in [0.25, 0.3) is 0 Å². The summed E-state index contributed by atoms with van der Waals surface area (Å²) < 4.78 is 11.2. The fourth-order valence-corrected chi connectivity index (χ4v) is 2.15. The van der Waals surface area contributed by atoms with Gasteiger partial charge in [-0.25, -0.2) is 0 Å². The van der Waals surface area contributed by atoms with Gasteiger partial charge in [0.2, 0.25) is 0 Å². The zero-order valence-electron chi connectivity index (χ0n) is 9.54. The predicted molar refractivity (Wildman–Crippen MR) is 59.8 cm³/mol. The molecule has 15 heavy (non-hydrogen) atoms. The zero-order chi connectivity index (χ0) is 10.3. The maximum Gasteiger partial charge on any atom is 0.157 e. The van der Waals surface area contributed by atoms with Gasteiger partial charge in [-0.2, -0.15) is 0 Å². The number of hydrogen-bond acceptors (Lipinski definition) is 3. The van der Waals surface area contributed by atoms with E-state index in [1.807, 2.05) is 0 Å². The maximum absolute atomic E-state index is 5.67. The summed E-state index contributed by atoms with van der Waals surface area (Å²) in [5, 5.41) is 3.42. The molecule has 2 saturated heterocycles. The van der Waals surface area contributed by atoms with Crippen molar-refractivity contribution in [2.24, 2.45) is 0 Å². The van der Waals surface area contributed by atoms with Gasteiger partial charge in [-0.05, 0) is 51.5 Å². The third-order valence-corrected chi connectivity index (χ3v) is 3.31. The molecule has 88 valence electrons. The van der Waals surface area contributed by atoms with Crippen LogP contribution in [0.3, 0.4) is 0 Å². The Morgan fingerprint density at radius 2 is 2.13 bits per heavy atom. The summed E-state index contributed by atoms with van der Waals surface area (Å²) in [6.45, 7) is 2.98. The van der Waals surface area contributed by atoms with Crippen molar-refractivity contribution in [3.63, 3.8) is 0 Å². The fourth-order valence-electron chi connectivity index (χ4n) is 2.15. The Hall–Kier alpha value is -0.120. The van der Waals surface area contributed by atoms with Crippen LogP contribution in [0, 0.1) is 0 Å². The first-order valence-corrected chi connectivity index (χ1v) is 6.42. The molecule has 3 nitrogen and oxygen atoms in total. The van der Waals surface area contributed by atoms with Gasteiger partial charge in [0, 0.05) is 19.3 Å². The Morgan fingerprint density at radius 3 is 2.80 bits per heavy atom. The predicted octanol–water partition coefficient (Wildman–Crippen LogP) is 2.06. The van der Waals surface area contributed by atoms with E-state index in [0.29, 0.717) is 0 Å². The lowest BCUT2D eigenvalue weighted by Crippen LogP contribution is -2.42. The SMILES string of the molecule is C(CCC1CCN1)COC1CCCCO1. The van der Waals surface area contributed by atoms with Crippen LogP contribution < -0.4 is 5.32 Å². The molecule has 2 unspecified atom stereocenters. The number of nitrogens with one attached hydrogen (secondary N) is 1. The molecular weight excluding hydrogens is 190 g/mol. The first kappa shape index (κ1) is 11.4. The molecule has 0 aliphatic carbocycles. The lowest BCUT2D eigenvalue weighted by molar-refractivity contribution is -0.162. The van der Waals surface area contributed by atoms with Crippen LogP contribution in [0.25, 0.3) is 0 Å². The van der Waals surface area contributed by atoms with Crippen LogP contribution in [-0.4, -0.2) is 32.1 Å². The van der Waals surface area contributed by atoms with Crippen LogP contribution in [0.2, 0.25) is 0 Å². The minimum atomic E-state index is 0.0978. The van der Waals surface area contributed by atoms with E-state index in [4.69, 9.17) is 9.47 Å². The van der Waals surface area contributed by atoms with E-state index in [1.54, 1.807) is 0 Å². The van der Waals surface area contributed by atoms with Gasteiger partial charge in [-0.15, -0.1) is 0 Å². The zero-order valence-corrected chi connectivity index (χ0v) is 9.54. The van der Waals surface area contributed by atoms with Gasteiger partial charge in [-0.1, -0.05) is 0 Å². The molecule has 2 atom stereocenters. The molecule has 1 N–H and O–H groups in total. The number of ether oxygens (including phenoxy) is 2. The molecule has 2 rings (SSSR count). The summed E-state index contributed by atoms with van der Waals surface area (Å²) in [4.78, 5) is 0. The highest BCUT2D eigenvalue weighted by atomic mass is 16.7. The number of rotatable bonds is 6. The van der Waals surface area contributed by atoms with E-state index in [2.05, 4.69) is 5.32 Å². The molecule has 2 heterocycles. The highest BCUT2D eigenvalue weighted by Gasteiger charge is 2.16. The fraction of sp³-hybridized carbons (Fsp3) is 1.00. The number of hydrogen-bond donors (Lipinski definition) is 1. The molecule has 0 saturated carbocycles. The summed E-state index contributed by atoms with van der Waals surface area (Å²) in [5.74, 6) is 0. The second kappa shape index (κ2) is 6.46. The normalized spacial score (nSPS) is 31.2. The molecule has 0 aromatic rings. The second-order valence-electron chi connectivity index (χ2n) is 4.60. The first-order chi connectivity index (χ1) is 7.45. The van der Waals surface area contributed by atoms with Crippen molar-refractivity contribution >= 4 is 0 Å². The molecule has 0 bridgehead atoms. The van der Waals surface area contributed by atoms with Gasteiger partial charge in [0.05, 0.1) is 0 Å². The summed E-state index contributed by atoms with van der Waals surface area (Å²) in [6.07, 6.45) is 8.79. The first-order valence-electron chi connectivity index (χ1n) is 6.42. The van der Waals surface area contributed by atoms with Crippen molar-refractivity contribution in [3.8, 4) is 0 Å². The Kier molecular flexibility index (Phi) is 4.90. The molecule has 0 amide bonds. The van der Waals surface area contributed by atoms with Gasteiger partial charge in [-0.3, -0.25) is 0 Å². The third kappa shape index (κ3) is 4.09. The topological polar surface area (TPSA) is 30.5 Å². The minimum Gasteiger partial charge on any atom is -0.353 e. The molecule has 3 heteroatoms. The maximum atomic E-state index is 5.67. The van der Waals surface area contributed by atoms with Crippen molar-refractivity contribution in [2.75, 3.05) is 19.8 Å². The Morgan fingerprint density at radius 1 is 1.20 bits per heavy atom. The van der Waals surface area contributed by atoms with Crippen molar-refractivity contribution in [3.05, 3.63) is 0 Å². The monoisotopic (exact) mass is 213 g/mol. The average molecular weight is 213 g/mol. The minimum absolute atomic E-state index is 0.0978. The van der Waals surface area contributed by atoms with Crippen LogP contribution in [-0.2, 0) is 9.47 Å². The van der Waals surface area contributed by atoms with Crippen LogP contribution in [0.4, 0.5) is 0 Å². The summed E-state index contributed by atoms with van der Waals surface area (Å²) >= 11 is 0. The molecule has 0 aromatic carbocycles. The number of unbranched alkanes of at least 4 members (excludes halogenated alkanes) is 1. The van der Waals surface area contributed by atoms with Crippen LogP contribution in [0.5, 0.6) is 0 Å². The summed E-state index contributed by atoms with van der Waals surface area (Å²) in [7, 11) is 0. The van der Waals surface area contributed by atoms with Crippen molar-refractivity contribution in [2.45, 2.75) is 57.3 Å². The Bertz CT molecular complexity index is 165. The van der Waals surface area contributed by atoms with E-state index in [-0.39, 0.29) is 6.29 Å². The summed E-state index contributed by atoms with van der Waals surface area (Å²) in [5.41, 5.74) is 0. The molecular formula is C12H23NO2. The van der Waals surface area contributed by atoms with E-state index in [0.717, 1.165) is 25.7 Å². The smallest absolute Gasteiger partial charge is 0.157 e. The molecule has 0 spiro atoms. The molecule has 2 fully saturated rings. The summed E-state index contributed by atoms with van der Waals surface area (Å²) in [6, 6.07) is 0.802. The van der Waals surface area contributed by atoms with E-state index < -0.39 is 0 Å². The lowest BCUT2D eigenvalue weighted by atomic mass is 10.0. The van der Waals surface area contributed by atoms with Gasteiger partial charge >= 0.3 is 0 Å². The molecule has 2 aliphatic rings. The van der Waals surface area contributed by atoms with Crippen LogP contribution in [0.15, 0.2) is 0 Å². The van der Waals surface area contributed by atoms with Crippen LogP contribution >= 0.6 is 0 Å². The molecule has 0 aromatic heterocycles. The van der Waals surface area contributed by atoms with Crippen molar-refractivity contribution in [1.82, 2.24) is 5.32 Å². The van der Waals surface area contributed by atoms with E-state index >= 15 is 0 Å². The quantitative estimate of drug-likeness (QED) is 0.685. The van der Waals surface area contributed by atoms with E-state index in [1.165, 1.54) is 45.1 Å². The average Bonchev–Trinajstić information content (AvgIpc) is 2.22. The molecule has 2 aliphatic heterocycles. The molecule has 0 radical (unpaired) electrons. The lowest BCUT2D eigenvalue weighted by Gasteiger charge is -2.27. The van der Waals surface area contributed by atoms with Gasteiger partial charge in [0.1, 0.15) is 0 Å². The second-order valence-corrected chi connectivity index (χ2v) is 4.60.